The average Bonchev–Trinajstić information content (AvgIpc) is 1.99. The number of nitrogens with one attached hydrogen (secondary N) is 2. The molecule has 111 heavy (non-hydrogen) atoms. The lowest BCUT2D eigenvalue weighted by Crippen LogP contribution is -2.32. The number of allylic oxidation sites excluding steroid dienone is 2. The number of aromatic nitrogens is 14. The van der Waals surface area contributed by atoms with Crippen LogP contribution in [-0.4, -0.2) is 306 Å². The Hall–Kier alpha value is -6.46. The van der Waals surface area contributed by atoms with Crippen molar-refractivity contribution in [1.29, 1.82) is 0 Å². The Morgan fingerprint density at radius 1 is 0.486 bits per heavy atom. The summed E-state index contributed by atoms with van der Waals surface area (Å²) in [5, 5.41) is 90.7. The number of rotatable bonds is 26. The molecule has 0 aliphatic carbocycles. The number of nitrogen functional groups attached to an aromatic ring is 2. The van der Waals surface area contributed by atoms with Gasteiger partial charge in [0.05, 0.1) is 55.6 Å². The van der Waals surface area contributed by atoms with Gasteiger partial charge in [-0.05, 0) is 149 Å². The number of aryl methyl sites for hydroxylation is 2. The van der Waals surface area contributed by atoms with E-state index in [0.29, 0.717) is 119 Å². The van der Waals surface area contributed by atoms with E-state index in [1.54, 1.807) is 55.4 Å². The van der Waals surface area contributed by atoms with Gasteiger partial charge in [0.1, 0.15) is 77.8 Å². The number of hydrogen-bond donors (Lipinski definition) is 12. The molecule has 0 amide bonds. The van der Waals surface area contributed by atoms with Crippen LogP contribution in [0.5, 0.6) is 6.01 Å². The first-order valence-electron chi connectivity index (χ1n) is 38.0. The Balaban J connectivity index is 0.000000185. The molecule has 8 aromatic rings. The second kappa shape index (κ2) is 38.8. The molecule has 35 heteroatoms. The predicted molar refractivity (Wildman–Crippen MR) is 457 cm³/mol. The van der Waals surface area contributed by atoms with Crippen LogP contribution in [0.4, 0.5) is 23.0 Å². The molecule has 0 spiro atoms. The summed E-state index contributed by atoms with van der Waals surface area (Å²) in [5.41, 5.74) is 20.0. The third-order valence-electron chi connectivity index (χ3n) is 19.8. The van der Waals surface area contributed by atoms with Gasteiger partial charge in [-0.2, -0.15) is 9.97 Å². The minimum atomic E-state index is -1.26. The van der Waals surface area contributed by atoms with Crippen molar-refractivity contribution in [3.8, 4) is 6.01 Å². The van der Waals surface area contributed by atoms with Crippen molar-refractivity contribution in [2.45, 2.75) is 198 Å². The minimum Gasteiger partial charge on any atom is -0.467 e. The molecule has 0 radical (unpaired) electrons. The number of nitrogens with two attached hydrogens (primary N) is 2. The van der Waals surface area contributed by atoms with Crippen molar-refractivity contribution in [3.05, 3.63) is 78.5 Å². The number of fused-ring (bicyclic) bond motifs is 4. The van der Waals surface area contributed by atoms with Gasteiger partial charge in [0.2, 0.25) is 0 Å². The molecule has 4 fully saturated rings. The van der Waals surface area contributed by atoms with Crippen LogP contribution in [0.25, 0.3) is 44.7 Å². The van der Waals surface area contributed by atoms with Crippen LogP contribution in [0.1, 0.15) is 124 Å². The van der Waals surface area contributed by atoms with Crippen molar-refractivity contribution in [1.82, 2.24) is 68.1 Å². The zero-order valence-corrected chi connectivity index (χ0v) is 71.4. The molecule has 31 nitrogen and oxygen atoms in total. The lowest BCUT2D eigenvalue weighted by Gasteiger charge is -2.19. The fourth-order valence-electron chi connectivity index (χ4n) is 13.1. The molecule has 12 heterocycles. The van der Waals surface area contributed by atoms with Crippen molar-refractivity contribution in [3.63, 3.8) is 0 Å². The van der Waals surface area contributed by atoms with E-state index >= 15 is 0 Å². The van der Waals surface area contributed by atoms with E-state index in [9.17, 15) is 40.9 Å². The number of anilines is 4. The molecule has 0 unspecified atom stereocenters. The van der Waals surface area contributed by atoms with Gasteiger partial charge in [0, 0.05) is 31.9 Å². The summed E-state index contributed by atoms with van der Waals surface area (Å²) in [6.07, 6.45) is 24.8. The molecule has 0 bridgehead atoms. The maximum Gasteiger partial charge on any atom is 0.320 e. The quantitative estimate of drug-likeness (QED) is 0.0180. The van der Waals surface area contributed by atoms with E-state index in [-0.39, 0.29) is 6.01 Å². The topological polar surface area (TPSA) is 433 Å². The molecule has 616 valence electrons. The number of methoxy groups -OCH3 is 1. The van der Waals surface area contributed by atoms with Crippen LogP contribution in [0.3, 0.4) is 0 Å². The van der Waals surface area contributed by atoms with E-state index in [0.717, 1.165) is 43.3 Å². The molecular formula is C76H124N18O13P4. The maximum absolute atomic E-state index is 10.7. The average molecular weight is 1620 g/mol. The molecule has 4 aliphatic rings. The fourth-order valence-corrected chi connectivity index (χ4v) is 16.9. The number of imidazole rings is 4. The lowest BCUT2D eigenvalue weighted by atomic mass is 10.1. The van der Waals surface area contributed by atoms with Crippen LogP contribution in [0.15, 0.2) is 66.8 Å². The molecule has 4 aliphatic heterocycles. The highest BCUT2D eigenvalue weighted by molar-refractivity contribution is 7.73. The second-order valence-electron chi connectivity index (χ2n) is 31.4. The first-order chi connectivity index (χ1) is 52.3. The number of pyridine rings is 2. The van der Waals surface area contributed by atoms with Crippen LogP contribution in [0, 0.1) is 6.92 Å². The number of hydrogen-bond acceptors (Lipinski definition) is 27. The Kier molecular flexibility index (Phi) is 31.5. The second-order valence-corrected chi connectivity index (χ2v) is 48.7. The summed E-state index contributed by atoms with van der Waals surface area (Å²) >= 11 is 0. The monoisotopic (exact) mass is 1620 g/mol. The maximum atomic E-state index is 10.7. The van der Waals surface area contributed by atoms with Gasteiger partial charge in [-0.3, -0.25) is 18.3 Å². The fraction of sp³-hybridized carbons (Fsp3) is 0.605. The van der Waals surface area contributed by atoms with Crippen molar-refractivity contribution in [2.24, 2.45) is 0 Å². The molecule has 16 atom stereocenters. The van der Waals surface area contributed by atoms with E-state index in [2.05, 4.69) is 179 Å². The first kappa shape index (κ1) is 90.1. The Bertz CT molecular complexity index is 4680. The summed E-state index contributed by atoms with van der Waals surface area (Å²) in [7, 11) is 1.50. The molecule has 4 saturated heterocycles. The van der Waals surface area contributed by atoms with Gasteiger partial charge in [-0.15, -0.1) is 52.7 Å². The standard InChI is InChI=1S/C21H34N5O4P.C20H32N5O3P.C17H27N4O3P.C16H25N4O3P.C2H6/c1-7-13(2)8-10-22-18-15-19(25-21(24-18)29-3)26(12-23-15)20-17(28)16(27)14(30-20)9-11-31(4,5)6;1-6-13(2)7-9-21-18-15-19(23-11-22-18)25(12-24-15)20-17(27)16(26)14(28-20)8-10-29(3,4)5;1-5-12-20-13-10(18)6-8-19-16(13)21(12)17-15(23)14(22)11(24-17)7-9-25(2,3)4;1-9-19-12-10(17)5-7-18-15(12)20(9)16-14(22)13(21)11(23-16)6-8-24(2,3)4;1-2/h8,12,14,16-17,20,27-28H,4,7,9-11H2,1-3,5-6H3,(H,22,24,25);7,11-12,14,16-17,20,26-27H,3,6,8-10H2,1-2,4-5H3,(H,21,22,23);6,8,11,14-15,17,22-23H,2,5,7,9H2,1,3-4H3,(H2,18,19);5,7,11,13-14,16,21-22H,2,6,8H2,1,3-4H3,(H2,17,18);1-2H3/b13-8-;13-7-;;;/t2*14-,16-,17-,20-;11-,14-,15-,17-;11-,13-,14-,16-;/m1111./s1. The zero-order chi connectivity index (χ0) is 81.9. The minimum absolute atomic E-state index is 0.182. The normalized spacial score (nSPS) is 25.8. The highest BCUT2D eigenvalue weighted by Gasteiger charge is 2.48. The van der Waals surface area contributed by atoms with Gasteiger partial charge in [-0.1, -0.05) is 57.9 Å². The van der Waals surface area contributed by atoms with Crippen molar-refractivity contribution < 1.29 is 64.5 Å². The number of nitrogens with zero attached hydrogens (tertiary/aromatic N) is 14. The van der Waals surface area contributed by atoms with Gasteiger partial charge in [0.25, 0.3) is 0 Å². The summed E-state index contributed by atoms with van der Waals surface area (Å²) in [5.74, 6) is 2.52. The molecule has 0 saturated carbocycles. The van der Waals surface area contributed by atoms with Crippen LogP contribution in [0.2, 0.25) is 0 Å². The van der Waals surface area contributed by atoms with E-state index < -0.39 is 126 Å². The third kappa shape index (κ3) is 22.6. The highest BCUT2D eigenvalue weighted by Crippen LogP contribution is 2.45. The van der Waals surface area contributed by atoms with E-state index in [1.165, 1.54) is 24.6 Å². The first-order valence-corrected chi connectivity index (χ1v) is 50.2. The highest BCUT2D eigenvalue weighted by atomic mass is 31.2. The Labute approximate surface area is 653 Å². The third-order valence-corrected chi connectivity index (χ3v) is 25.6. The van der Waals surface area contributed by atoms with Gasteiger partial charge in [-0.25, -0.2) is 39.9 Å². The van der Waals surface area contributed by atoms with Crippen molar-refractivity contribution in [2.75, 3.05) is 120 Å². The summed E-state index contributed by atoms with van der Waals surface area (Å²) in [6, 6.07) is 3.56. The van der Waals surface area contributed by atoms with Crippen molar-refractivity contribution >= 4 is 120 Å². The van der Waals surface area contributed by atoms with Crippen LogP contribution in [-0.2, 0) is 25.4 Å². The number of ether oxygens (including phenoxy) is 5. The lowest BCUT2D eigenvalue weighted by molar-refractivity contribution is -0.0367. The molecular weight excluding hydrogens is 1500 g/mol. The Morgan fingerprint density at radius 3 is 1.28 bits per heavy atom. The van der Waals surface area contributed by atoms with Gasteiger partial charge < -0.3 is 86.6 Å². The summed E-state index contributed by atoms with van der Waals surface area (Å²) in [6.45, 7) is 29.6. The van der Waals surface area contributed by atoms with E-state index in [4.69, 9.17) is 35.2 Å². The smallest absolute Gasteiger partial charge is 0.320 e. The molecule has 12 rings (SSSR count). The zero-order valence-electron chi connectivity index (χ0n) is 67.8. The molecule has 8 aromatic heterocycles. The number of aliphatic hydroxyl groups excluding tert-OH is 8. The van der Waals surface area contributed by atoms with E-state index in [1.807, 2.05) is 27.7 Å². The summed E-state index contributed by atoms with van der Waals surface area (Å²) < 4.78 is 36.2. The SMILES string of the molecule is C=P(C)(C)CC[C@H]1O[C@@H](n2c(C)nc3c(N)ccnc32)[C@H](O)[C@@H]1O.C=P(C)(C)CC[C@H]1O[C@@H](n2c(CC)nc3c(N)ccnc32)[C@H](O)[C@@H]1O.C=P(C)(C)CC[C@H]1O[C@@H](n2cnc3c(NC/C=C(/C)CC)nc(OC)nc32)[C@H](O)[C@@H]1O.C=P(C)(C)CC[C@H]1O[C@@H](n2cnc3c(NC/C=C(/C)CC)ncnc32)[C@H](O)[C@@H]1O.CC. The molecule has 0 aromatic carbocycles. The summed E-state index contributed by atoms with van der Waals surface area (Å²) in [4.78, 5) is 44.0. The predicted octanol–water partition coefficient (Wildman–Crippen LogP) is 8.00. The van der Waals surface area contributed by atoms with Crippen LogP contribution < -0.4 is 26.8 Å². The van der Waals surface area contributed by atoms with Gasteiger partial charge in [0.15, 0.2) is 70.2 Å². The van der Waals surface area contributed by atoms with Gasteiger partial charge >= 0.3 is 6.01 Å². The molecule has 14 N–H and O–H groups in total. The largest absolute Gasteiger partial charge is 0.467 e. The Morgan fingerprint density at radius 2 is 0.865 bits per heavy atom. The van der Waals surface area contributed by atoms with Crippen LogP contribution >= 0.6 is 27.5 Å². The number of aliphatic hydroxyl groups is 8.